The number of fused-ring (bicyclic) bond motifs is 1. The largest absolute Gasteiger partial charge is 0.326 e. The number of rotatable bonds is 3. The van der Waals surface area contributed by atoms with E-state index in [-0.39, 0.29) is 5.56 Å². The summed E-state index contributed by atoms with van der Waals surface area (Å²) in [5.74, 6) is 1.52. The first kappa shape index (κ1) is 13.5. The van der Waals surface area contributed by atoms with Crippen molar-refractivity contribution < 1.29 is 0 Å². The molecule has 0 unspecified atom stereocenters. The van der Waals surface area contributed by atoms with Crippen molar-refractivity contribution in [1.82, 2.24) is 19.5 Å². The third-order valence-electron chi connectivity index (χ3n) is 3.03. The average Bonchev–Trinajstić information content (AvgIpc) is 2.71. The number of nitrogens with one attached hydrogen (secondary N) is 1. The molecule has 3 heterocycles. The monoisotopic (exact) mass is 308 g/mol. The lowest BCUT2D eigenvalue weighted by atomic mass is 10.3. The number of allylic oxidation sites excluding steroid dienone is 1. The average molecular weight is 309 g/mol. The number of aryl methyl sites for hydroxylation is 1. The lowest BCUT2D eigenvalue weighted by molar-refractivity contribution is 0.669. The van der Waals surface area contributed by atoms with Crippen LogP contribution in [0.15, 0.2) is 22.1 Å². The summed E-state index contributed by atoms with van der Waals surface area (Å²) in [4.78, 5) is 22.8. The molecule has 0 aromatic carbocycles. The number of aromatic nitrogens is 4. The van der Waals surface area contributed by atoms with Gasteiger partial charge in [0.05, 0.1) is 5.69 Å². The molecule has 5 nitrogen and oxygen atoms in total. The third kappa shape index (κ3) is 2.66. The molecule has 20 heavy (non-hydrogen) atoms. The van der Waals surface area contributed by atoms with Crippen molar-refractivity contribution >= 4 is 29.4 Å². The number of H-pyrrole nitrogens is 1. The fraction of sp³-hybridized carbons (Fsp3) is 0.308. The van der Waals surface area contributed by atoms with E-state index in [4.69, 9.17) is 11.6 Å². The predicted octanol–water partition coefficient (Wildman–Crippen LogP) is 2.64. The Labute approximate surface area is 125 Å². The number of imidazole rings is 1. The van der Waals surface area contributed by atoms with Crippen LogP contribution in [0.3, 0.4) is 0 Å². The second kappa shape index (κ2) is 5.46. The highest BCUT2D eigenvalue weighted by Gasteiger charge is 2.16. The predicted molar refractivity (Wildman–Crippen MR) is 80.0 cm³/mol. The van der Waals surface area contributed by atoms with Crippen LogP contribution in [0.1, 0.15) is 23.6 Å². The molecule has 0 atom stereocenters. The van der Waals surface area contributed by atoms with Gasteiger partial charge in [-0.15, -0.1) is 0 Å². The van der Waals surface area contributed by atoms with Crippen molar-refractivity contribution in [3.8, 4) is 0 Å². The molecule has 1 aliphatic rings. The Morgan fingerprint density at radius 2 is 2.35 bits per heavy atom. The smallest absolute Gasteiger partial charge is 0.251 e. The lowest BCUT2D eigenvalue weighted by Gasteiger charge is -2.12. The van der Waals surface area contributed by atoms with Gasteiger partial charge >= 0.3 is 0 Å². The van der Waals surface area contributed by atoms with Crippen molar-refractivity contribution in [3.63, 3.8) is 0 Å². The van der Waals surface area contributed by atoms with Gasteiger partial charge in [0.25, 0.3) is 5.56 Å². The minimum atomic E-state index is -0.135. The highest BCUT2D eigenvalue weighted by Crippen LogP contribution is 2.27. The van der Waals surface area contributed by atoms with E-state index in [9.17, 15) is 4.79 Å². The van der Waals surface area contributed by atoms with E-state index < -0.39 is 0 Å². The van der Waals surface area contributed by atoms with Gasteiger partial charge in [-0.3, -0.25) is 4.79 Å². The number of aromatic amines is 1. The van der Waals surface area contributed by atoms with E-state index in [1.54, 1.807) is 6.92 Å². The van der Waals surface area contributed by atoms with Crippen LogP contribution in [0.2, 0.25) is 5.15 Å². The zero-order valence-electron chi connectivity index (χ0n) is 10.9. The van der Waals surface area contributed by atoms with E-state index in [1.807, 2.05) is 6.08 Å². The summed E-state index contributed by atoms with van der Waals surface area (Å²) < 4.78 is 2.11. The number of halogens is 1. The first-order valence-electron chi connectivity index (χ1n) is 6.25. The Hall–Kier alpha value is -1.53. The van der Waals surface area contributed by atoms with E-state index in [2.05, 4.69) is 25.6 Å². The molecule has 1 N–H and O–H groups in total. The maximum atomic E-state index is 11.4. The summed E-state index contributed by atoms with van der Waals surface area (Å²) in [5, 5.41) is 1.13. The van der Waals surface area contributed by atoms with Crippen LogP contribution in [-0.4, -0.2) is 19.5 Å². The standard InChI is InChI=1S/C13H13ClN4OS/c1-8-6-11(19)17-13(15-8)20-7-9-12(14)16-10-4-2-3-5-18(9)10/h2,4,6H,3,5,7H2,1H3,(H,15,17,19). The number of hydrogen-bond donors (Lipinski definition) is 1. The maximum Gasteiger partial charge on any atom is 0.251 e. The second-order valence-electron chi connectivity index (χ2n) is 4.53. The first-order chi connectivity index (χ1) is 9.63. The molecule has 7 heteroatoms. The molecule has 2 aromatic heterocycles. The van der Waals surface area contributed by atoms with E-state index in [0.717, 1.165) is 24.5 Å². The van der Waals surface area contributed by atoms with Gasteiger partial charge in [-0.05, 0) is 19.4 Å². The third-order valence-corrected chi connectivity index (χ3v) is 4.22. The van der Waals surface area contributed by atoms with Gasteiger partial charge in [-0.2, -0.15) is 0 Å². The zero-order valence-corrected chi connectivity index (χ0v) is 12.5. The molecule has 0 amide bonds. The van der Waals surface area contributed by atoms with Crippen LogP contribution >= 0.6 is 23.4 Å². The zero-order chi connectivity index (χ0) is 14.1. The molecule has 0 saturated carbocycles. The molecule has 0 aliphatic carbocycles. The summed E-state index contributed by atoms with van der Waals surface area (Å²) in [5.41, 5.74) is 1.55. The molecule has 2 aromatic rings. The van der Waals surface area contributed by atoms with Crippen molar-refractivity contribution in [2.75, 3.05) is 0 Å². The number of hydrogen-bond acceptors (Lipinski definition) is 4. The SMILES string of the molecule is Cc1cc(=O)[nH]c(SCc2c(Cl)nc3n2CCC=C3)n1. The highest BCUT2D eigenvalue weighted by atomic mass is 35.5. The Balaban J connectivity index is 1.83. The normalized spacial score (nSPS) is 13.5. The van der Waals surface area contributed by atoms with Crippen molar-refractivity contribution in [1.29, 1.82) is 0 Å². The van der Waals surface area contributed by atoms with Gasteiger partial charge in [0, 0.05) is 24.1 Å². The minimum absolute atomic E-state index is 0.135. The molecule has 1 aliphatic heterocycles. The van der Waals surface area contributed by atoms with E-state index >= 15 is 0 Å². The van der Waals surface area contributed by atoms with Gasteiger partial charge < -0.3 is 9.55 Å². The summed E-state index contributed by atoms with van der Waals surface area (Å²) >= 11 is 7.65. The van der Waals surface area contributed by atoms with Gasteiger partial charge in [0.1, 0.15) is 5.82 Å². The summed E-state index contributed by atoms with van der Waals surface area (Å²) in [6, 6.07) is 1.47. The summed E-state index contributed by atoms with van der Waals surface area (Å²) in [6.07, 6.45) is 5.06. The molecular weight excluding hydrogens is 296 g/mol. The first-order valence-corrected chi connectivity index (χ1v) is 7.62. The van der Waals surface area contributed by atoms with Crippen LogP contribution in [-0.2, 0) is 12.3 Å². The van der Waals surface area contributed by atoms with Gasteiger partial charge in [-0.1, -0.05) is 29.4 Å². The van der Waals surface area contributed by atoms with E-state index in [1.165, 1.54) is 17.8 Å². The van der Waals surface area contributed by atoms with Crippen molar-refractivity contribution in [2.45, 2.75) is 30.8 Å². The molecule has 0 saturated heterocycles. The Kier molecular flexibility index (Phi) is 3.67. The van der Waals surface area contributed by atoms with Crippen LogP contribution in [0.5, 0.6) is 0 Å². The molecule has 0 fully saturated rings. The Morgan fingerprint density at radius 1 is 1.50 bits per heavy atom. The van der Waals surface area contributed by atoms with Crippen LogP contribution in [0.4, 0.5) is 0 Å². The van der Waals surface area contributed by atoms with Gasteiger partial charge in [0.2, 0.25) is 0 Å². The fourth-order valence-corrected chi connectivity index (χ4v) is 3.42. The molecule has 3 rings (SSSR count). The highest BCUT2D eigenvalue weighted by molar-refractivity contribution is 7.98. The molecule has 104 valence electrons. The molecular formula is C13H13ClN4OS. The number of nitrogens with zero attached hydrogens (tertiary/aromatic N) is 3. The fourth-order valence-electron chi connectivity index (χ4n) is 2.14. The Morgan fingerprint density at radius 3 is 3.15 bits per heavy atom. The van der Waals surface area contributed by atoms with Gasteiger partial charge in [0.15, 0.2) is 10.3 Å². The summed E-state index contributed by atoms with van der Waals surface area (Å²) in [7, 11) is 0. The van der Waals surface area contributed by atoms with Crippen molar-refractivity contribution in [3.05, 3.63) is 44.9 Å². The Bertz CT molecular complexity index is 734. The molecule has 0 spiro atoms. The van der Waals surface area contributed by atoms with Gasteiger partial charge in [-0.25, -0.2) is 9.97 Å². The minimum Gasteiger partial charge on any atom is -0.326 e. The quantitative estimate of drug-likeness (QED) is 0.699. The van der Waals surface area contributed by atoms with Crippen LogP contribution < -0.4 is 5.56 Å². The van der Waals surface area contributed by atoms with E-state index in [0.29, 0.717) is 21.8 Å². The lowest BCUT2D eigenvalue weighted by Crippen LogP contribution is -2.09. The topological polar surface area (TPSA) is 63.6 Å². The molecule has 0 bridgehead atoms. The van der Waals surface area contributed by atoms with Crippen LogP contribution in [0, 0.1) is 6.92 Å². The molecule has 0 radical (unpaired) electrons. The summed E-state index contributed by atoms with van der Waals surface area (Å²) in [6.45, 7) is 2.69. The second-order valence-corrected chi connectivity index (χ2v) is 5.85. The number of thioether (sulfide) groups is 1. The van der Waals surface area contributed by atoms with Crippen molar-refractivity contribution in [2.24, 2.45) is 0 Å². The maximum absolute atomic E-state index is 11.4. The van der Waals surface area contributed by atoms with Crippen LogP contribution in [0.25, 0.3) is 6.08 Å².